The fourth-order valence-electron chi connectivity index (χ4n) is 4.36. The summed E-state index contributed by atoms with van der Waals surface area (Å²) in [5, 5.41) is 25.0. The van der Waals surface area contributed by atoms with Crippen LogP contribution < -0.4 is 10.2 Å². The molecule has 0 aliphatic carbocycles. The number of nitro groups is 2. The van der Waals surface area contributed by atoms with E-state index in [4.69, 9.17) is 0 Å². The predicted molar refractivity (Wildman–Crippen MR) is 128 cm³/mol. The van der Waals surface area contributed by atoms with E-state index in [0.29, 0.717) is 5.92 Å². The molecular formula is C25H23FN4O5. The first-order valence-corrected chi connectivity index (χ1v) is 11.1. The molecule has 0 spiro atoms. The van der Waals surface area contributed by atoms with E-state index in [-0.39, 0.29) is 17.9 Å². The molecule has 1 amide bonds. The van der Waals surface area contributed by atoms with Crippen molar-refractivity contribution in [1.29, 1.82) is 0 Å². The predicted octanol–water partition coefficient (Wildman–Crippen LogP) is 4.96. The van der Waals surface area contributed by atoms with Gasteiger partial charge in [-0.3, -0.25) is 25.0 Å². The molecule has 1 aliphatic rings. The number of rotatable bonds is 7. The number of hydrogen-bond donors (Lipinski definition) is 1. The fraction of sp³-hybridized carbons (Fsp3) is 0.240. The van der Waals surface area contributed by atoms with Crippen molar-refractivity contribution in [3.05, 3.63) is 109 Å². The topological polar surface area (TPSA) is 119 Å². The Labute approximate surface area is 200 Å². The van der Waals surface area contributed by atoms with Crippen LogP contribution in [0.25, 0.3) is 0 Å². The third-order valence-electron chi connectivity index (χ3n) is 6.23. The van der Waals surface area contributed by atoms with Gasteiger partial charge in [-0.15, -0.1) is 0 Å². The van der Waals surface area contributed by atoms with Gasteiger partial charge in [-0.05, 0) is 60.2 Å². The van der Waals surface area contributed by atoms with Crippen LogP contribution in [0.1, 0.15) is 40.2 Å². The number of hydrogen-bond acceptors (Lipinski definition) is 6. The van der Waals surface area contributed by atoms with Crippen molar-refractivity contribution in [2.45, 2.75) is 25.3 Å². The third-order valence-corrected chi connectivity index (χ3v) is 6.23. The normalized spacial score (nSPS) is 13.9. The van der Waals surface area contributed by atoms with E-state index in [2.05, 4.69) is 10.2 Å². The van der Waals surface area contributed by atoms with Gasteiger partial charge in [0.1, 0.15) is 11.4 Å². The van der Waals surface area contributed by atoms with Crippen molar-refractivity contribution < 1.29 is 19.0 Å². The first-order valence-electron chi connectivity index (χ1n) is 11.1. The van der Waals surface area contributed by atoms with Crippen LogP contribution in [0.4, 0.5) is 21.5 Å². The highest BCUT2D eigenvalue weighted by Gasteiger charge is 2.31. The number of carbonyl (C=O) groups excluding carboxylic acids is 1. The van der Waals surface area contributed by atoms with E-state index in [9.17, 15) is 29.4 Å². The van der Waals surface area contributed by atoms with E-state index >= 15 is 0 Å². The molecule has 1 heterocycles. The van der Waals surface area contributed by atoms with Crippen molar-refractivity contribution in [1.82, 2.24) is 5.32 Å². The highest BCUT2D eigenvalue weighted by atomic mass is 19.1. The molecule has 0 aromatic heterocycles. The molecule has 1 N–H and O–H groups in total. The Hall–Kier alpha value is -4.34. The number of halogens is 1. The largest absolute Gasteiger partial charge is 0.371 e. The van der Waals surface area contributed by atoms with Crippen LogP contribution >= 0.6 is 0 Å². The Morgan fingerprint density at radius 2 is 1.60 bits per heavy atom. The Morgan fingerprint density at radius 1 is 0.943 bits per heavy atom. The zero-order chi connectivity index (χ0) is 24.9. The molecule has 0 radical (unpaired) electrons. The number of carbonyl (C=O) groups is 1. The van der Waals surface area contributed by atoms with Gasteiger partial charge in [0.25, 0.3) is 5.91 Å². The van der Waals surface area contributed by atoms with E-state index in [1.54, 1.807) is 0 Å². The van der Waals surface area contributed by atoms with Gasteiger partial charge in [-0.1, -0.05) is 30.3 Å². The highest BCUT2D eigenvalue weighted by molar-refractivity contribution is 5.99. The lowest BCUT2D eigenvalue weighted by Gasteiger charge is -2.34. The molecule has 1 fully saturated rings. The van der Waals surface area contributed by atoms with Crippen LogP contribution in [-0.4, -0.2) is 28.8 Å². The maximum absolute atomic E-state index is 13.2. The molecule has 180 valence electrons. The average molecular weight is 478 g/mol. The van der Waals surface area contributed by atoms with Crippen LogP contribution in [0.5, 0.6) is 0 Å². The van der Waals surface area contributed by atoms with Gasteiger partial charge in [0, 0.05) is 31.4 Å². The maximum Gasteiger partial charge on any atom is 0.358 e. The molecule has 3 aromatic carbocycles. The molecule has 4 rings (SSSR count). The van der Waals surface area contributed by atoms with Gasteiger partial charge in [-0.25, -0.2) is 4.39 Å². The van der Waals surface area contributed by atoms with Gasteiger partial charge in [0.2, 0.25) is 0 Å². The molecule has 1 saturated heterocycles. The molecule has 3 aromatic rings. The second-order valence-electron chi connectivity index (χ2n) is 8.35. The van der Waals surface area contributed by atoms with Gasteiger partial charge in [-0.2, -0.15) is 0 Å². The van der Waals surface area contributed by atoms with Crippen LogP contribution in [0.3, 0.4) is 0 Å². The minimum Gasteiger partial charge on any atom is -0.371 e. The lowest BCUT2D eigenvalue weighted by Crippen LogP contribution is -2.32. The minimum absolute atomic E-state index is 0.117. The monoisotopic (exact) mass is 478 g/mol. The number of nitrogens with zero attached hydrogens (tertiary/aromatic N) is 3. The van der Waals surface area contributed by atoms with Gasteiger partial charge in [0.05, 0.1) is 9.85 Å². The molecule has 10 heteroatoms. The molecule has 35 heavy (non-hydrogen) atoms. The molecule has 9 nitrogen and oxygen atoms in total. The summed E-state index contributed by atoms with van der Waals surface area (Å²) >= 11 is 0. The number of para-hydroxylation sites is 1. The summed E-state index contributed by atoms with van der Waals surface area (Å²) in [7, 11) is 0. The number of piperidine rings is 1. The minimum atomic E-state index is -0.916. The van der Waals surface area contributed by atoms with Crippen molar-refractivity contribution >= 4 is 23.0 Å². The molecule has 1 aliphatic heterocycles. The average Bonchev–Trinajstić information content (AvgIpc) is 2.87. The van der Waals surface area contributed by atoms with Crippen LogP contribution in [0, 0.1) is 26.0 Å². The quantitative estimate of drug-likeness (QED) is 0.379. The van der Waals surface area contributed by atoms with Crippen molar-refractivity contribution in [2.24, 2.45) is 0 Å². The summed E-state index contributed by atoms with van der Waals surface area (Å²) in [6, 6.07) is 17.8. The lowest BCUT2D eigenvalue weighted by atomic mass is 9.89. The first-order chi connectivity index (χ1) is 16.8. The Kier molecular flexibility index (Phi) is 7.00. The number of benzene rings is 3. The van der Waals surface area contributed by atoms with Gasteiger partial charge >= 0.3 is 11.4 Å². The van der Waals surface area contributed by atoms with Crippen molar-refractivity contribution in [3.63, 3.8) is 0 Å². The van der Waals surface area contributed by atoms with Crippen molar-refractivity contribution in [2.75, 3.05) is 18.0 Å². The summed E-state index contributed by atoms with van der Waals surface area (Å²) in [4.78, 5) is 35.4. The summed E-state index contributed by atoms with van der Waals surface area (Å²) < 4.78 is 13.2. The number of nitrogens with one attached hydrogen (secondary N) is 1. The lowest BCUT2D eigenvalue weighted by molar-refractivity contribution is -0.422. The smallest absolute Gasteiger partial charge is 0.358 e. The standard InChI is InChI=1S/C25H23FN4O5/c26-20-8-6-18(7-9-20)19-12-14-28(15-13-19)21-10-4-17(5-11-21)16-27-25(31)22-2-1-3-23(29(32)33)24(22)30(34)35/h1-11,19H,12-16H2,(H,27,31). The summed E-state index contributed by atoms with van der Waals surface area (Å²) in [5.41, 5.74) is 1.08. The van der Waals surface area contributed by atoms with Gasteiger partial charge in [0.15, 0.2) is 0 Å². The maximum atomic E-state index is 13.2. The van der Waals surface area contributed by atoms with Gasteiger partial charge < -0.3 is 10.2 Å². The third kappa shape index (κ3) is 5.43. The number of nitro benzene ring substituents is 2. The van der Waals surface area contributed by atoms with E-state index in [0.717, 1.165) is 48.8 Å². The summed E-state index contributed by atoms with van der Waals surface area (Å²) in [6.45, 7) is 1.86. The number of anilines is 1. The Balaban J connectivity index is 1.35. The van der Waals surface area contributed by atoms with Crippen LogP contribution in [0.15, 0.2) is 66.7 Å². The van der Waals surface area contributed by atoms with E-state index < -0.39 is 27.1 Å². The first kappa shape index (κ1) is 23.8. The SMILES string of the molecule is O=C(NCc1ccc(N2CCC(c3ccc(F)cc3)CC2)cc1)c1cccc([N+](=O)[O-])c1[N+](=O)[O-]. The summed E-state index contributed by atoms with van der Waals surface area (Å²) in [6.07, 6.45) is 1.93. The highest BCUT2D eigenvalue weighted by Crippen LogP contribution is 2.32. The Morgan fingerprint density at radius 3 is 2.20 bits per heavy atom. The fourth-order valence-corrected chi connectivity index (χ4v) is 4.36. The zero-order valence-electron chi connectivity index (χ0n) is 18.7. The molecular weight excluding hydrogens is 455 g/mol. The molecule has 0 bridgehead atoms. The van der Waals surface area contributed by atoms with Crippen LogP contribution in [-0.2, 0) is 6.54 Å². The van der Waals surface area contributed by atoms with E-state index in [1.807, 2.05) is 36.4 Å². The Bertz CT molecular complexity index is 1240. The van der Waals surface area contributed by atoms with Crippen LogP contribution in [0.2, 0.25) is 0 Å². The number of amides is 1. The van der Waals surface area contributed by atoms with E-state index in [1.165, 1.54) is 24.3 Å². The molecule has 0 unspecified atom stereocenters. The molecule has 0 saturated carbocycles. The second kappa shape index (κ2) is 10.3. The van der Waals surface area contributed by atoms with Crippen molar-refractivity contribution in [3.8, 4) is 0 Å². The molecule has 0 atom stereocenters. The second-order valence-corrected chi connectivity index (χ2v) is 8.35. The summed E-state index contributed by atoms with van der Waals surface area (Å²) in [5.74, 6) is -0.586. The zero-order valence-corrected chi connectivity index (χ0v) is 18.7.